The Bertz CT molecular complexity index is 808. The van der Waals surface area contributed by atoms with Crippen molar-refractivity contribution < 1.29 is 23.8 Å². The predicted octanol–water partition coefficient (Wildman–Crippen LogP) is 2.90. The number of carbonyl (C=O) groups excluding carboxylic acids is 2. The molecule has 2 aromatic carbocycles. The van der Waals surface area contributed by atoms with Crippen molar-refractivity contribution >= 4 is 11.9 Å². The number of rotatable bonds is 7. The van der Waals surface area contributed by atoms with E-state index in [-0.39, 0.29) is 18.6 Å². The lowest BCUT2D eigenvalue weighted by atomic mass is 10.1. The number of amides is 1. The maximum absolute atomic E-state index is 12.3. The van der Waals surface area contributed by atoms with Crippen LogP contribution < -0.4 is 14.8 Å². The van der Waals surface area contributed by atoms with Gasteiger partial charge in [-0.1, -0.05) is 42.5 Å². The summed E-state index contributed by atoms with van der Waals surface area (Å²) in [6.07, 6.45) is -0.135. The SMILES string of the molecule is C[C@H](CCc1ccccc1)NC(=O)[C@@H](C)OC(=O)[C@@H]1COc2ccccc2O1. The molecule has 28 heavy (non-hydrogen) atoms. The molecule has 6 heteroatoms. The number of hydrogen-bond acceptors (Lipinski definition) is 5. The van der Waals surface area contributed by atoms with Gasteiger partial charge in [0.25, 0.3) is 5.91 Å². The molecule has 1 amide bonds. The maximum Gasteiger partial charge on any atom is 0.351 e. The van der Waals surface area contributed by atoms with E-state index >= 15 is 0 Å². The van der Waals surface area contributed by atoms with Gasteiger partial charge in [-0.3, -0.25) is 4.79 Å². The van der Waals surface area contributed by atoms with Crippen LogP contribution in [0.15, 0.2) is 54.6 Å². The molecule has 0 unspecified atom stereocenters. The molecule has 1 N–H and O–H groups in total. The molecule has 2 aromatic rings. The summed E-state index contributed by atoms with van der Waals surface area (Å²) in [4.78, 5) is 24.6. The fourth-order valence-corrected chi connectivity index (χ4v) is 2.90. The zero-order chi connectivity index (χ0) is 19.9. The van der Waals surface area contributed by atoms with Crippen molar-refractivity contribution in [1.82, 2.24) is 5.32 Å². The second kappa shape index (κ2) is 9.26. The van der Waals surface area contributed by atoms with Crippen LogP contribution in [-0.2, 0) is 20.7 Å². The quantitative estimate of drug-likeness (QED) is 0.744. The standard InChI is InChI=1S/C22H25NO5/c1-15(12-13-17-8-4-3-5-9-17)23-21(24)16(2)27-22(25)20-14-26-18-10-6-7-11-19(18)28-20/h3-11,15-16,20H,12-14H2,1-2H3,(H,23,24)/t15-,16-,20+/m1/s1. The predicted molar refractivity (Wildman–Crippen MR) is 104 cm³/mol. The zero-order valence-electron chi connectivity index (χ0n) is 16.1. The summed E-state index contributed by atoms with van der Waals surface area (Å²) < 4.78 is 16.4. The third-order valence-electron chi connectivity index (χ3n) is 4.53. The molecule has 6 nitrogen and oxygen atoms in total. The van der Waals surface area contributed by atoms with E-state index in [1.54, 1.807) is 25.1 Å². The Kier molecular flexibility index (Phi) is 6.53. The van der Waals surface area contributed by atoms with E-state index in [4.69, 9.17) is 14.2 Å². The van der Waals surface area contributed by atoms with E-state index in [1.807, 2.05) is 31.2 Å². The van der Waals surface area contributed by atoms with Gasteiger partial charge in [-0.05, 0) is 44.4 Å². The normalized spacial score (nSPS) is 17.3. The van der Waals surface area contributed by atoms with Gasteiger partial charge in [0.2, 0.25) is 6.10 Å². The number of hydrogen-bond donors (Lipinski definition) is 1. The molecule has 3 rings (SSSR count). The molecule has 0 fully saturated rings. The molecule has 0 aliphatic carbocycles. The molecular formula is C22H25NO5. The Morgan fingerprint density at radius 2 is 1.75 bits per heavy atom. The van der Waals surface area contributed by atoms with Gasteiger partial charge in [-0.25, -0.2) is 4.79 Å². The van der Waals surface area contributed by atoms with Crippen molar-refractivity contribution in [3.63, 3.8) is 0 Å². The maximum atomic E-state index is 12.3. The Morgan fingerprint density at radius 3 is 2.50 bits per heavy atom. The van der Waals surface area contributed by atoms with Gasteiger partial charge < -0.3 is 19.5 Å². The van der Waals surface area contributed by atoms with Crippen LogP contribution in [0.25, 0.3) is 0 Å². The van der Waals surface area contributed by atoms with Gasteiger partial charge in [0.1, 0.15) is 6.61 Å². The summed E-state index contributed by atoms with van der Waals surface area (Å²) in [7, 11) is 0. The summed E-state index contributed by atoms with van der Waals surface area (Å²) in [6.45, 7) is 3.54. The van der Waals surface area contributed by atoms with Crippen molar-refractivity contribution in [2.75, 3.05) is 6.61 Å². The Morgan fingerprint density at radius 1 is 1.07 bits per heavy atom. The first-order valence-electron chi connectivity index (χ1n) is 9.46. The van der Waals surface area contributed by atoms with Crippen LogP contribution in [0.1, 0.15) is 25.8 Å². The van der Waals surface area contributed by atoms with Crippen molar-refractivity contribution in [2.24, 2.45) is 0 Å². The Balaban J connectivity index is 1.44. The second-order valence-electron chi connectivity index (χ2n) is 6.88. The Hall–Kier alpha value is -3.02. The lowest BCUT2D eigenvalue weighted by molar-refractivity contribution is -0.163. The number of ether oxygens (including phenoxy) is 3. The van der Waals surface area contributed by atoms with E-state index in [2.05, 4.69) is 17.4 Å². The topological polar surface area (TPSA) is 73.9 Å². The van der Waals surface area contributed by atoms with Crippen molar-refractivity contribution in [1.29, 1.82) is 0 Å². The number of fused-ring (bicyclic) bond motifs is 1. The lowest BCUT2D eigenvalue weighted by Crippen LogP contribution is -2.44. The highest BCUT2D eigenvalue weighted by molar-refractivity contribution is 5.85. The van der Waals surface area contributed by atoms with Gasteiger partial charge in [0.15, 0.2) is 17.6 Å². The molecule has 1 aliphatic rings. The summed E-state index contributed by atoms with van der Waals surface area (Å²) in [5.74, 6) is 0.132. The van der Waals surface area contributed by atoms with Crippen LogP contribution in [-0.4, -0.2) is 36.7 Å². The number of esters is 1. The molecule has 1 aliphatic heterocycles. The number of benzene rings is 2. The fraction of sp³-hybridized carbons (Fsp3) is 0.364. The summed E-state index contributed by atoms with van der Waals surface area (Å²) in [6, 6.07) is 17.2. The summed E-state index contributed by atoms with van der Waals surface area (Å²) in [5.41, 5.74) is 1.22. The van der Waals surface area contributed by atoms with Gasteiger partial charge >= 0.3 is 5.97 Å². The lowest BCUT2D eigenvalue weighted by Gasteiger charge is -2.26. The number of carbonyl (C=O) groups is 2. The van der Waals surface area contributed by atoms with Crippen LogP contribution in [0, 0.1) is 0 Å². The Labute approximate surface area is 164 Å². The molecule has 0 radical (unpaired) electrons. The van der Waals surface area contributed by atoms with Crippen LogP contribution in [0.4, 0.5) is 0 Å². The van der Waals surface area contributed by atoms with E-state index in [1.165, 1.54) is 5.56 Å². The molecule has 0 saturated heterocycles. The third-order valence-corrected chi connectivity index (χ3v) is 4.53. The average molecular weight is 383 g/mol. The fourth-order valence-electron chi connectivity index (χ4n) is 2.90. The molecule has 0 spiro atoms. The smallest absolute Gasteiger partial charge is 0.351 e. The number of nitrogens with one attached hydrogen (secondary N) is 1. The third kappa shape index (κ3) is 5.25. The minimum atomic E-state index is -0.910. The first-order valence-corrected chi connectivity index (χ1v) is 9.46. The molecule has 0 aromatic heterocycles. The highest BCUT2D eigenvalue weighted by Gasteiger charge is 2.31. The van der Waals surface area contributed by atoms with Crippen molar-refractivity contribution in [2.45, 2.75) is 44.9 Å². The molecule has 3 atom stereocenters. The summed E-state index contributed by atoms with van der Waals surface area (Å²) >= 11 is 0. The number of para-hydroxylation sites is 2. The zero-order valence-corrected chi connectivity index (χ0v) is 16.1. The van der Waals surface area contributed by atoms with Crippen molar-refractivity contribution in [3.05, 3.63) is 60.2 Å². The van der Waals surface area contributed by atoms with Crippen LogP contribution in [0.5, 0.6) is 11.5 Å². The molecule has 1 heterocycles. The van der Waals surface area contributed by atoms with E-state index < -0.39 is 18.2 Å². The molecule has 148 valence electrons. The van der Waals surface area contributed by atoms with Crippen molar-refractivity contribution in [3.8, 4) is 11.5 Å². The van der Waals surface area contributed by atoms with E-state index in [0.717, 1.165) is 12.8 Å². The van der Waals surface area contributed by atoms with Gasteiger partial charge in [0, 0.05) is 6.04 Å². The minimum absolute atomic E-state index is 0.0324. The molecule has 0 saturated carbocycles. The van der Waals surface area contributed by atoms with Crippen LogP contribution in [0.2, 0.25) is 0 Å². The summed E-state index contributed by atoms with van der Waals surface area (Å²) in [5, 5.41) is 2.89. The van der Waals surface area contributed by atoms with Crippen LogP contribution >= 0.6 is 0 Å². The van der Waals surface area contributed by atoms with E-state index in [0.29, 0.717) is 11.5 Å². The monoisotopic (exact) mass is 383 g/mol. The van der Waals surface area contributed by atoms with Crippen LogP contribution in [0.3, 0.4) is 0 Å². The molecule has 0 bridgehead atoms. The van der Waals surface area contributed by atoms with Gasteiger partial charge in [-0.15, -0.1) is 0 Å². The largest absolute Gasteiger partial charge is 0.485 e. The van der Waals surface area contributed by atoms with Gasteiger partial charge in [-0.2, -0.15) is 0 Å². The molecular weight excluding hydrogens is 358 g/mol. The second-order valence-corrected chi connectivity index (χ2v) is 6.88. The highest BCUT2D eigenvalue weighted by Crippen LogP contribution is 2.31. The van der Waals surface area contributed by atoms with E-state index in [9.17, 15) is 9.59 Å². The minimum Gasteiger partial charge on any atom is -0.485 e. The number of aryl methyl sites for hydroxylation is 1. The van der Waals surface area contributed by atoms with Gasteiger partial charge in [0.05, 0.1) is 0 Å². The first kappa shape index (κ1) is 19.7. The highest BCUT2D eigenvalue weighted by atomic mass is 16.6. The average Bonchev–Trinajstić information content (AvgIpc) is 2.72. The first-order chi connectivity index (χ1) is 13.5.